The molecule has 2 atom stereocenters. The Kier molecular flexibility index (Phi) is 6.93. The molecule has 0 bridgehead atoms. The first kappa shape index (κ1) is 16.7. The Labute approximate surface area is 128 Å². The van der Waals surface area contributed by atoms with Crippen molar-refractivity contribution in [3.05, 3.63) is 0 Å². The second-order valence-corrected chi connectivity index (χ2v) is 6.64. The van der Waals surface area contributed by atoms with E-state index in [-0.39, 0.29) is 12.6 Å². The van der Waals surface area contributed by atoms with Crippen LogP contribution in [0.2, 0.25) is 0 Å². The van der Waals surface area contributed by atoms with Crippen LogP contribution in [0, 0.1) is 11.8 Å². The van der Waals surface area contributed by atoms with Crippen LogP contribution in [-0.2, 0) is 9.53 Å². The molecular formula is C16H30N2O3. The number of likely N-dealkylation sites (tertiary alicyclic amines) is 1. The number of nitrogens with zero attached hydrogens (tertiary/aromatic N) is 1. The number of carbonyl (C=O) groups is 1. The van der Waals surface area contributed by atoms with Crippen molar-refractivity contribution in [2.45, 2.75) is 44.6 Å². The zero-order valence-corrected chi connectivity index (χ0v) is 13.2. The normalized spacial score (nSPS) is 27.9. The fraction of sp³-hybridized carbons (Fsp3) is 0.938. The number of hydrogen-bond acceptors (Lipinski definition) is 5. The summed E-state index contributed by atoms with van der Waals surface area (Å²) >= 11 is 0. The molecule has 0 amide bonds. The summed E-state index contributed by atoms with van der Waals surface area (Å²) in [4.78, 5) is 13.7. The maximum atomic E-state index is 11.5. The Hall–Kier alpha value is -0.650. The van der Waals surface area contributed by atoms with Crippen LogP contribution in [0.4, 0.5) is 0 Å². The molecule has 2 N–H and O–H groups in total. The van der Waals surface area contributed by atoms with E-state index in [1.165, 1.54) is 32.8 Å². The van der Waals surface area contributed by atoms with Crippen LogP contribution >= 0.6 is 0 Å². The van der Waals surface area contributed by atoms with E-state index < -0.39 is 0 Å². The SMILES string of the molecule is COC(=O)CN1CC(CCO)CC(NCC2CCCC2)C1. The van der Waals surface area contributed by atoms with Gasteiger partial charge in [0.05, 0.1) is 13.7 Å². The van der Waals surface area contributed by atoms with Gasteiger partial charge in [-0.1, -0.05) is 12.8 Å². The number of nitrogens with one attached hydrogen (secondary N) is 1. The van der Waals surface area contributed by atoms with Crippen LogP contribution in [0.1, 0.15) is 38.5 Å². The minimum atomic E-state index is -0.172. The molecule has 0 radical (unpaired) electrons. The average Bonchev–Trinajstić information content (AvgIpc) is 2.98. The highest BCUT2D eigenvalue weighted by atomic mass is 16.5. The molecule has 1 aliphatic carbocycles. The van der Waals surface area contributed by atoms with E-state index in [1.54, 1.807) is 0 Å². The number of carbonyl (C=O) groups excluding carboxylic acids is 1. The lowest BCUT2D eigenvalue weighted by molar-refractivity contribution is -0.142. The predicted molar refractivity (Wildman–Crippen MR) is 82.0 cm³/mol. The number of rotatable bonds is 7. The number of aliphatic hydroxyl groups is 1. The molecule has 2 unspecified atom stereocenters. The van der Waals surface area contributed by atoms with Gasteiger partial charge < -0.3 is 15.2 Å². The van der Waals surface area contributed by atoms with Gasteiger partial charge in [0, 0.05) is 25.7 Å². The molecule has 2 rings (SSSR count). The summed E-state index contributed by atoms with van der Waals surface area (Å²) in [6.07, 6.45) is 7.37. The predicted octanol–water partition coefficient (Wildman–Crippen LogP) is 1.01. The summed E-state index contributed by atoms with van der Waals surface area (Å²) < 4.78 is 4.77. The third kappa shape index (κ3) is 5.57. The molecule has 1 saturated carbocycles. The van der Waals surface area contributed by atoms with Gasteiger partial charge in [-0.05, 0) is 44.1 Å². The lowest BCUT2D eigenvalue weighted by atomic mass is 9.91. The number of ether oxygens (including phenoxy) is 1. The number of aliphatic hydroxyl groups excluding tert-OH is 1. The smallest absolute Gasteiger partial charge is 0.319 e. The first-order valence-electron chi connectivity index (χ1n) is 8.34. The highest BCUT2D eigenvalue weighted by molar-refractivity contribution is 5.71. The minimum absolute atomic E-state index is 0.172. The number of esters is 1. The van der Waals surface area contributed by atoms with Crippen molar-refractivity contribution in [1.82, 2.24) is 10.2 Å². The molecule has 0 aromatic carbocycles. The second kappa shape index (κ2) is 8.71. The lowest BCUT2D eigenvalue weighted by Gasteiger charge is -2.38. The first-order valence-corrected chi connectivity index (χ1v) is 8.34. The Balaban J connectivity index is 1.81. The molecule has 122 valence electrons. The van der Waals surface area contributed by atoms with Crippen LogP contribution in [-0.4, -0.2) is 61.9 Å². The molecule has 5 nitrogen and oxygen atoms in total. The molecule has 0 spiro atoms. The van der Waals surface area contributed by atoms with E-state index in [0.717, 1.165) is 38.4 Å². The first-order chi connectivity index (χ1) is 10.2. The Morgan fingerprint density at radius 1 is 1.29 bits per heavy atom. The lowest BCUT2D eigenvalue weighted by Crippen LogP contribution is -2.51. The van der Waals surface area contributed by atoms with Crippen molar-refractivity contribution >= 4 is 5.97 Å². The number of hydrogen-bond donors (Lipinski definition) is 2. The summed E-state index contributed by atoms with van der Waals surface area (Å²) in [6.45, 7) is 3.48. The molecule has 0 aromatic rings. The largest absolute Gasteiger partial charge is 0.468 e. The van der Waals surface area contributed by atoms with Gasteiger partial charge in [0.1, 0.15) is 0 Å². The maximum Gasteiger partial charge on any atom is 0.319 e. The van der Waals surface area contributed by atoms with Crippen molar-refractivity contribution < 1.29 is 14.6 Å². The van der Waals surface area contributed by atoms with Crippen molar-refractivity contribution in [3.8, 4) is 0 Å². The molecule has 0 aromatic heterocycles. The fourth-order valence-corrected chi connectivity index (χ4v) is 3.77. The van der Waals surface area contributed by atoms with Gasteiger partial charge in [-0.3, -0.25) is 9.69 Å². The third-order valence-electron chi connectivity index (χ3n) is 4.90. The topological polar surface area (TPSA) is 61.8 Å². The summed E-state index contributed by atoms with van der Waals surface area (Å²) in [6, 6.07) is 0.431. The minimum Gasteiger partial charge on any atom is -0.468 e. The van der Waals surface area contributed by atoms with E-state index in [9.17, 15) is 9.90 Å². The van der Waals surface area contributed by atoms with E-state index >= 15 is 0 Å². The zero-order chi connectivity index (χ0) is 15.1. The highest BCUT2D eigenvalue weighted by Crippen LogP contribution is 2.25. The van der Waals surface area contributed by atoms with Crippen molar-refractivity contribution in [3.63, 3.8) is 0 Å². The molecule has 1 saturated heterocycles. The van der Waals surface area contributed by atoms with Gasteiger partial charge in [0.25, 0.3) is 0 Å². The number of methoxy groups -OCH3 is 1. The van der Waals surface area contributed by atoms with E-state index in [1.807, 2.05) is 0 Å². The van der Waals surface area contributed by atoms with E-state index in [2.05, 4.69) is 10.2 Å². The summed E-state index contributed by atoms with van der Waals surface area (Å²) in [7, 11) is 1.44. The summed E-state index contributed by atoms with van der Waals surface area (Å²) in [5.41, 5.74) is 0. The molecule has 1 heterocycles. The molecule has 21 heavy (non-hydrogen) atoms. The molecule has 2 aliphatic rings. The van der Waals surface area contributed by atoms with Gasteiger partial charge in [0.2, 0.25) is 0 Å². The summed E-state index contributed by atoms with van der Waals surface area (Å²) in [5.74, 6) is 1.13. The molecule has 5 heteroatoms. The van der Waals surface area contributed by atoms with Gasteiger partial charge in [-0.15, -0.1) is 0 Å². The third-order valence-corrected chi connectivity index (χ3v) is 4.90. The van der Waals surface area contributed by atoms with Gasteiger partial charge in [0.15, 0.2) is 0 Å². The van der Waals surface area contributed by atoms with Crippen molar-refractivity contribution in [2.75, 3.05) is 39.9 Å². The molecule has 2 fully saturated rings. The zero-order valence-electron chi connectivity index (χ0n) is 13.2. The second-order valence-electron chi connectivity index (χ2n) is 6.64. The van der Waals surface area contributed by atoms with Crippen LogP contribution in [0.3, 0.4) is 0 Å². The van der Waals surface area contributed by atoms with E-state index in [0.29, 0.717) is 18.5 Å². The average molecular weight is 298 g/mol. The number of piperidine rings is 1. The van der Waals surface area contributed by atoms with Crippen LogP contribution in [0.25, 0.3) is 0 Å². The highest BCUT2D eigenvalue weighted by Gasteiger charge is 2.28. The Morgan fingerprint density at radius 2 is 2.05 bits per heavy atom. The summed E-state index contributed by atoms with van der Waals surface area (Å²) in [5, 5.41) is 12.9. The monoisotopic (exact) mass is 298 g/mol. The fourth-order valence-electron chi connectivity index (χ4n) is 3.77. The van der Waals surface area contributed by atoms with Crippen LogP contribution in [0.5, 0.6) is 0 Å². The van der Waals surface area contributed by atoms with Crippen molar-refractivity contribution in [2.24, 2.45) is 11.8 Å². The quantitative estimate of drug-likeness (QED) is 0.687. The van der Waals surface area contributed by atoms with Crippen molar-refractivity contribution in [1.29, 1.82) is 0 Å². The molecule has 1 aliphatic heterocycles. The van der Waals surface area contributed by atoms with Crippen LogP contribution < -0.4 is 5.32 Å². The molecular weight excluding hydrogens is 268 g/mol. The van der Waals surface area contributed by atoms with E-state index in [4.69, 9.17) is 4.74 Å². The van der Waals surface area contributed by atoms with Gasteiger partial charge >= 0.3 is 5.97 Å². The van der Waals surface area contributed by atoms with Crippen LogP contribution in [0.15, 0.2) is 0 Å². The van der Waals surface area contributed by atoms with Gasteiger partial charge in [-0.2, -0.15) is 0 Å². The Morgan fingerprint density at radius 3 is 2.71 bits per heavy atom. The maximum absolute atomic E-state index is 11.5. The standard InChI is InChI=1S/C16H30N2O3/c1-21-16(20)12-18-10-14(6-7-19)8-15(11-18)17-9-13-4-2-3-5-13/h13-15,17,19H,2-12H2,1H3. The van der Waals surface area contributed by atoms with Gasteiger partial charge in [-0.25, -0.2) is 0 Å². The Bertz CT molecular complexity index is 319.